The van der Waals surface area contributed by atoms with Crippen LogP contribution in [-0.4, -0.2) is 28.6 Å². The van der Waals surface area contributed by atoms with Crippen LogP contribution < -0.4 is 10.1 Å². The van der Waals surface area contributed by atoms with Gasteiger partial charge in [0.25, 0.3) is 0 Å². The molecule has 0 saturated heterocycles. The molecule has 0 saturated carbocycles. The van der Waals surface area contributed by atoms with Crippen LogP contribution in [0.3, 0.4) is 0 Å². The summed E-state index contributed by atoms with van der Waals surface area (Å²) in [6.45, 7) is 1.81. The molecule has 0 spiro atoms. The van der Waals surface area contributed by atoms with Gasteiger partial charge in [-0.1, -0.05) is 12.1 Å². The van der Waals surface area contributed by atoms with Gasteiger partial charge in [-0.3, -0.25) is 14.3 Å². The Morgan fingerprint density at radius 3 is 2.63 bits per heavy atom. The Bertz CT molecular complexity index is 967. The number of rotatable bonds is 7. The zero-order valence-corrected chi connectivity index (χ0v) is 15.0. The number of ketones is 1. The van der Waals surface area contributed by atoms with E-state index in [4.69, 9.17) is 9.15 Å². The molecule has 138 valence electrons. The molecular formula is C20H19N3O4. The van der Waals surface area contributed by atoms with E-state index < -0.39 is 0 Å². The maximum Gasteiger partial charge on any atom is 0.249 e. The molecule has 0 radical (unpaired) electrons. The lowest BCUT2D eigenvalue weighted by Gasteiger charge is -2.00. The first-order valence-corrected chi connectivity index (χ1v) is 8.30. The van der Waals surface area contributed by atoms with Crippen LogP contribution in [0, 0.1) is 0 Å². The topological polar surface area (TPSA) is 86.4 Å². The van der Waals surface area contributed by atoms with Gasteiger partial charge in [0.05, 0.1) is 13.7 Å². The molecule has 7 nitrogen and oxygen atoms in total. The first-order chi connectivity index (χ1) is 13.0. The zero-order valence-electron chi connectivity index (χ0n) is 15.0. The van der Waals surface area contributed by atoms with E-state index in [1.54, 1.807) is 42.3 Å². The highest BCUT2D eigenvalue weighted by molar-refractivity contribution is 6.01. The maximum atomic E-state index is 12.0. The van der Waals surface area contributed by atoms with E-state index in [1.807, 2.05) is 24.3 Å². The minimum atomic E-state index is -0.284. The highest BCUT2D eigenvalue weighted by atomic mass is 16.5. The maximum absolute atomic E-state index is 12.0. The monoisotopic (exact) mass is 365 g/mol. The molecule has 0 aliphatic carbocycles. The van der Waals surface area contributed by atoms with E-state index in [9.17, 15) is 9.59 Å². The molecule has 0 fully saturated rings. The number of nitrogens with zero attached hydrogens (tertiary/aromatic N) is 2. The van der Waals surface area contributed by atoms with Crippen molar-refractivity contribution < 1.29 is 18.7 Å². The van der Waals surface area contributed by atoms with Crippen LogP contribution in [0.4, 0.5) is 5.82 Å². The molecule has 7 heteroatoms. The summed E-state index contributed by atoms with van der Waals surface area (Å²) >= 11 is 0. The third-order valence-corrected chi connectivity index (χ3v) is 3.76. The van der Waals surface area contributed by atoms with Crippen LogP contribution >= 0.6 is 0 Å². The van der Waals surface area contributed by atoms with E-state index in [2.05, 4.69) is 10.4 Å². The molecule has 0 atom stereocenters. The summed E-state index contributed by atoms with van der Waals surface area (Å²) < 4.78 is 12.1. The predicted octanol–water partition coefficient (Wildman–Crippen LogP) is 3.39. The Morgan fingerprint density at radius 1 is 1.19 bits per heavy atom. The number of aromatic nitrogens is 2. The average Bonchev–Trinajstić information content (AvgIpc) is 3.30. The lowest BCUT2D eigenvalue weighted by Crippen LogP contribution is -2.09. The number of hydrogen-bond donors (Lipinski definition) is 1. The van der Waals surface area contributed by atoms with Crippen LogP contribution in [0.5, 0.6) is 5.75 Å². The average molecular weight is 365 g/mol. The van der Waals surface area contributed by atoms with Crippen LogP contribution in [0.1, 0.15) is 28.8 Å². The Morgan fingerprint density at radius 2 is 1.96 bits per heavy atom. The van der Waals surface area contributed by atoms with Crippen molar-refractivity contribution in [3.05, 3.63) is 71.8 Å². The van der Waals surface area contributed by atoms with Gasteiger partial charge < -0.3 is 14.5 Å². The zero-order chi connectivity index (χ0) is 19.2. The van der Waals surface area contributed by atoms with E-state index in [-0.39, 0.29) is 11.7 Å². The van der Waals surface area contributed by atoms with Crippen LogP contribution in [0.25, 0.3) is 6.08 Å². The fourth-order valence-electron chi connectivity index (χ4n) is 2.38. The lowest BCUT2D eigenvalue weighted by molar-refractivity contribution is -0.111. The second-order valence-corrected chi connectivity index (χ2v) is 5.82. The molecule has 3 aromatic rings. The summed E-state index contributed by atoms with van der Waals surface area (Å²) in [5.41, 5.74) is 0.885. The SMILES string of the molecule is COc1ccc(/C=C\C(=O)Nc2ccn(Cc3ccc(C(C)=O)o3)n2)cc1. The Balaban J connectivity index is 1.56. The molecule has 0 aliphatic heterocycles. The van der Waals surface area contributed by atoms with Crippen LogP contribution in [-0.2, 0) is 11.3 Å². The molecule has 2 aromatic heterocycles. The molecule has 0 bridgehead atoms. The lowest BCUT2D eigenvalue weighted by atomic mass is 10.2. The summed E-state index contributed by atoms with van der Waals surface area (Å²) in [6, 6.07) is 12.4. The molecule has 0 unspecified atom stereocenters. The molecule has 3 rings (SSSR count). The number of nitrogens with one attached hydrogen (secondary N) is 1. The van der Waals surface area contributed by atoms with Crippen molar-refractivity contribution >= 4 is 23.6 Å². The summed E-state index contributed by atoms with van der Waals surface area (Å²) in [5, 5.41) is 6.96. The Labute approximate surface area is 156 Å². The minimum Gasteiger partial charge on any atom is -0.497 e. The van der Waals surface area contributed by atoms with Gasteiger partial charge in [0.1, 0.15) is 11.5 Å². The Hall–Kier alpha value is -3.61. The quantitative estimate of drug-likeness (QED) is 0.512. The fraction of sp³-hybridized carbons (Fsp3) is 0.150. The summed E-state index contributed by atoms with van der Waals surface area (Å²) in [4.78, 5) is 23.3. The smallest absolute Gasteiger partial charge is 0.249 e. The van der Waals surface area contributed by atoms with Gasteiger partial charge >= 0.3 is 0 Å². The Kier molecular flexibility index (Phi) is 5.51. The summed E-state index contributed by atoms with van der Waals surface area (Å²) in [5.74, 6) is 1.70. The van der Waals surface area contributed by atoms with Crippen molar-refractivity contribution in [1.82, 2.24) is 9.78 Å². The number of methoxy groups -OCH3 is 1. The third kappa shape index (κ3) is 4.94. The molecule has 27 heavy (non-hydrogen) atoms. The summed E-state index contributed by atoms with van der Waals surface area (Å²) in [7, 11) is 1.60. The molecule has 1 aromatic carbocycles. The molecule has 2 heterocycles. The molecule has 1 N–H and O–H groups in total. The van der Waals surface area contributed by atoms with Crippen molar-refractivity contribution in [2.75, 3.05) is 12.4 Å². The van der Waals surface area contributed by atoms with E-state index in [0.717, 1.165) is 11.3 Å². The van der Waals surface area contributed by atoms with Gasteiger partial charge in [-0.15, -0.1) is 0 Å². The van der Waals surface area contributed by atoms with Crippen molar-refractivity contribution in [3.8, 4) is 5.75 Å². The van der Waals surface area contributed by atoms with Crippen molar-refractivity contribution in [2.45, 2.75) is 13.5 Å². The third-order valence-electron chi connectivity index (χ3n) is 3.76. The number of carbonyl (C=O) groups excluding carboxylic acids is 2. The number of ether oxygens (including phenoxy) is 1. The van der Waals surface area contributed by atoms with Crippen molar-refractivity contribution in [3.63, 3.8) is 0 Å². The molecule has 0 aliphatic rings. The van der Waals surface area contributed by atoms with Gasteiger partial charge in [0.15, 0.2) is 17.4 Å². The van der Waals surface area contributed by atoms with Gasteiger partial charge in [0, 0.05) is 25.3 Å². The van der Waals surface area contributed by atoms with E-state index in [0.29, 0.717) is 23.9 Å². The number of carbonyl (C=O) groups is 2. The first-order valence-electron chi connectivity index (χ1n) is 8.30. The van der Waals surface area contributed by atoms with Crippen molar-refractivity contribution in [2.24, 2.45) is 0 Å². The first kappa shape index (κ1) is 18.2. The second-order valence-electron chi connectivity index (χ2n) is 5.82. The number of anilines is 1. The normalized spacial score (nSPS) is 10.9. The number of amides is 1. The predicted molar refractivity (Wildman–Crippen MR) is 101 cm³/mol. The van der Waals surface area contributed by atoms with Crippen LogP contribution in [0.15, 0.2) is 59.2 Å². The fourth-order valence-corrected chi connectivity index (χ4v) is 2.38. The largest absolute Gasteiger partial charge is 0.497 e. The number of benzene rings is 1. The van der Waals surface area contributed by atoms with Gasteiger partial charge in [-0.25, -0.2) is 0 Å². The van der Waals surface area contributed by atoms with Gasteiger partial charge in [-0.2, -0.15) is 5.10 Å². The highest BCUT2D eigenvalue weighted by Gasteiger charge is 2.08. The van der Waals surface area contributed by atoms with Crippen LogP contribution in [0.2, 0.25) is 0 Å². The highest BCUT2D eigenvalue weighted by Crippen LogP contribution is 2.13. The number of Topliss-reactive ketones (excluding diaryl/α,β-unsaturated/α-hetero) is 1. The second kappa shape index (κ2) is 8.18. The number of furan rings is 1. The van der Waals surface area contributed by atoms with E-state index in [1.165, 1.54) is 13.0 Å². The molecule has 1 amide bonds. The number of hydrogen-bond acceptors (Lipinski definition) is 5. The molecular weight excluding hydrogens is 346 g/mol. The van der Waals surface area contributed by atoms with Gasteiger partial charge in [-0.05, 0) is 35.9 Å². The van der Waals surface area contributed by atoms with E-state index >= 15 is 0 Å². The van der Waals surface area contributed by atoms with Crippen molar-refractivity contribution in [1.29, 1.82) is 0 Å². The minimum absolute atomic E-state index is 0.127. The summed E-state index contributed by atoms with van der Waals surface area (Å²) in [6.07, 6.45) is 4.86. The standard InChI is InChI=1S/C20H19N3O4/c1-14(24)18-9-8-17(27-18)13-23-12-11-19(22-23)21-20(25)10-5-15-3-6-16(26-2)7-4-15/h3-12H,13H2,1-2H3,(H,21,22,25)/b10-5-. The van der Waals surface area contributed by atoms with Gasteiger partial charge in [0.2, 0.25) is 5.91 Å².